The molecule has 0 radical (unpaired) electrons. The Morgan fingerprint density at radius 2 is 1.96 bits per heavy atom. The van der Waals surface area contributed by atoms with Crippen molar-refractivity contribution in [2.75, 3.05) is 13.2 Å². The highest BCUT2D eigenvalue weighted by Crippen LogP contribution is 2.30. The summed E-state index contributed by atoms with van der Waals surface area (Å²) in [6.45, 7) is 3.01. The Morgan fingerprint density at radius 1 is 1.26 bits per heavy atom. The van der Waals surface area contributed by atoms with Crippen LogP contribution in [0.2, 0.25) is 0 Å². The highest BCUT2D eigenvalue weighted by molar-refractivity contribution is 6.01. The average molecular weight is 325 g/mol. The van der Waals surface area contributed by atoms with Crippen molar-refractivity contribution in [2.24, 2.45) is 0 Å². The first-order chi connectivity index (χ1) is 10.8. The molecule has 4 nitrogen and oxygen atoms in total. The lowest BCUT2D eigenvalue weighted by molar-refractivity contribution is -0.274. The third kappa shape index (κ3) is 3.33. The summed E-state index contributed by atoms with van der Waals surface area (Å²) in [4.78, 5) is 14.1. The second-order valence-corrected chi connectivity index (χ2v) is 5.44. The molecule has 1 amide bonds. The van der Waals surface area contributed by atoms with Gasteiger partial charge in [0.05, 0.1) is 6.26 Å². The van der Waals surface area contributed by atoms with Crippen molar-refractivity contribution >= 4 is 5.91 Å². The molecule has 0 N–H and O–H groups in total. The fraction of sp³-hybridized carbons (Fsp3) is 0.312. The van der Waals surface area contributed by atoms with E-state index in [9.17, 15) is 18.0 Å². The Bertz CT molecular complexity index is 690. The van der Waals surface area contributed by atoms with Gasteiger partial charge in [-0.15, -0.1) is 13.2 Å². The largest absolute Gasteiger partial charge is 0.573 e. The van der Waals surface area contributed by atoms with Gasteiger partial charge in [-0.3, -0.25) is 4.79 Å². The van der Waals surface area contributed by atoms with Crippen molar-refractivity contribution in [1.82, 2.24) is 4.90 Å². The van der Waals surface area contributed by atoms with Crippen LogP contribution in [0.4, 0.5) is 13.2 Å². The van der Waals surface area contributed by atoms with E-state index < -0.39 is 6.36 Å². The zero-order chi connectivity index (χ0) is 16.6. The number of hydrogen-bond donors (Lipinski definition) is 0. The first-order valence-electron chi connectivity index (χ1n) is 6.98. The molecule has 2 aliphatic heterocycles. The Kier molecular flexibility index (Phi) is 3.79. The number of halogens is 3. The van der Waals surface area contributed by atoms with Crippen LogP contribution < -0.4 is 4.74 Å². The van der Waals surface area contributed by atoms with E-state index in [1.807, 2.05) is 6.92 Å². The Morgan fingerprint density at radius 3 is 2.57 bits per heavy atom. The van der Waals surface area contributed by atoms with Gasteiger partial charge in [0.15, 0.2) is 0 Å². The van der Waals surface area contributed by atoms with Crippen molar-refractivity contribution in [3.8, 4) is 5.75 Å². The molecule has 0 aromatic heterocycles. The minimum Gasteiger partial charge on any atom is -0.496 e. The number of nitrogens with zero attached hydrogens (tertiary/aromatic N) is 1. The number of ether oxygens (including phenoxy) is 2. The lowest BCUT2D eigenvalue weighted by Crippen LogP contribution is -2.26. The predicted molar refractivity (Wildman–Crippen MR) is 75.3 cm³/mol. The van der Waals surface area contributed by atoms with Crippen molar-refractivity contribution in [2.45, 2.75) is 19.8 Å². The first-order valence-corrected chi connectivity index (χ1v) is 6.98. The summed E-state index contributed by atoms with van der Waals surface area (Å²) in [7, 11) is 0. The lowest BCUT2D eigenvalue weighted by atomic mass is 10.0. The average Bonchev–Trinajstić information content (AvgIpc) is 2.77. The number of benzene rings is 1. The summed E-state index contributed by atoms with van der Waals surface area (Å²) in [6.07, 6.45) is -3.14. The zero-order valence-corrected chi connectivity index (χ0v) is 12.3. The van der Waals surface area contributed by atoms with Crippen LogP contribution in [0, 0.1) is 0 Å². The van der Waals surface area contributed by atoms with E-state index in [4.69, 9.17) is 4.74 Å². The SMILES string of the molecule is CC1=COCC2=C1C(=O)N(Cc1ccc(OC(F)(F)F)cc1)C2. The highest BCUT2D eigenvalue weighted by atomic mass is 19.4. The molecule has 7 heteroatoms. The monoisotopic (exact) mass is 325 g/mol. The van der Waals surface area contributed by atoms with E-state index in [1.54, 1.807) is 11.2 Å². The maximum Gasteiger partial charge on any atom is 0.573 e. The van der Waals surface area contributed by atoms with Crippen LogP contribution in [-0.4, -0.2) is 30.3 Å². The molecule has 0 unspecified atom stereocenters. The molecule has 0 aliphatic carbocycles. The summed E-state index contributed by atoms with van der Waals surface area (Å²) >= 11 is 0. The molecule has 0 atom stereocenters. The molecule has 0 spiro atoms. The van der Waals surface area contributed by atoms with Crippen molar-refractivity contribution in [3.05, 3.63) is 52.8 Å². The van der Waals surface area contributed by atoms with Crippen molar-refractivity contribution in [3.63, 3.8) is 0 Å². The molecule has 2 heterocycles. The molecule has 23 heavy (non-hydrogen) atoms. The molecule has 0 bridgehead atoms. The topological polar surface area (TPSA) is 38.8 Å². The number of hydrogen-bond acceptors (Lipinski definition) is 3. The summed E-state index contributed by atoms with van der Waals surface area (Å²) in [5.41, 5.74) is 3.16. The lowest BCUT2D eigenvalue weighted by Gasteiger charge is -2.17. The maximum atomic E-state index is 12.4. The van der Waals surface area contributed by atoms with Gasteiger partial charge in [-0.05, 0) is 35.8 Å². The first kappa shape index (κ1) is 15.5. The van der Waals surface area contributed by atoms with Gasteiger partial charge in [0, 0.05) is 18.7 Å². The Hall–Kier alpha value is -2.44. The van der Waals surface area contributed by atoms with Gasteiger partial charge in [-0.2, -0.15) is 0 Å². The number of alkyl halides is 3. The van der Waals surface area contributed by atoms with E-state index >= 15 is 0 Å². The molecule has 2 aliphatic rings. The smallest absolute Gasteiger partial charge is 0.496 e. The number of amides is 1. The van der Waals surface area contributed by atoms with E-state index in [1.165, 1.54) is 24.3 Å². The summed E-state index contributed by atoms with van der Waals surface area (Å²) < 4.78 is 45.5. The molecule has 3 rings (SSSR count). The summed E-state index contributed by atoms with van der Waals surface area (Å²) in [5, 5.41) is 0. The zero-order valence-electron chi connectivity index (χ0n) is 12.3. The van der Waals surface area contributed by atoms with Crippen LogP contribution in [0.15, 0.2) is 47.2 Å². The third-order valence-corrected chi connectivity index (χ3v) is 3.68. The molecule has 0 saturated heterocycles. The number of carbonyl (C=O) groups is 1. The van der Waals surface area contributed by atoms with Crippen LogP contribution in [0.1, 0.15) is 12.5 Å². The third-order valence-electron chi connectivity index (χ3n) is 3.68. The quantitative estimate of drug-likeness (QED) is 0.857. The Labute approximate surface area is 130 Å². The second kappa shape index (κ2) is 5.64. The fourth-order valence-electron chi connectivity index (χ4n) is 2.73. The van der Waals surface area contributed by atoms with Gasteiger partial charge in [-0.1, -0.05) is 12.1 Å². The van der Waals surface area contributed by atoms with E-state index in [2.05, 4.69) is 4.74 Å². The minimum absolute atomic E-state index is 0.0762. The summed E-state index contributed by atoms with van der Waals surface area (Å²) in [6, 6.07) is 5.52. The molecule has 0 saturated carbocycles. The van der Waals surface area contributed by atoms with Crippen LogP contribution in [0.25, 0.3) is 0 Å². The van der Waals surface area contributed by atoms with Gasteiger partial charge in [-0.25, -0.2) is 0 Å². The molecule has 1 aromatic carbocycles. The van der Waals surface area contributed by atoms with Crippen molar-refractivity contribution < 1.29 is 27.4 Å². The molecular formula is C16H14F3NO3. The van der Waals surface area contributed by atoms with Crippen LogP contribution in [0.3, 0.4) is 0 Å². The molecule has 122 valence electrons. The maximum absolute atomic E-state index is 12.4. The van der Waals surface area contributed by atoms with Crippen LogP contribution >= 0.6 is 0 Å². The number of carbonyl (C=O) groups excluding carboxylic acids is 1. The highest BCUT2D eigenvalue weighted by Gasteiger charge is 2.33. The van der Waals surface area contributed by atoms with Crippen molar-refractivity contribution in [1.29, 1.82) is 0 Å². The van der Waals surface area contributed by atoms with Gasteiger partial charge in [0.25, 0.3) is 5.91 Å². The van der Waals surface area contributed by atoms with E-state index in [-0.39, 0.29) is 11.7 Å². The van der Waals surface area contributed by atoms with Gasteiger partial charge in [0.1, 0.15) is 12.4 Å². The fourth-order valence-corrected chi connectivity index (χ4v) is 2.73. The summed E-state index contributed by atoms with van der Waals surface area (Å²) in [5.74, 6) is -0.355. The predicted octanol–water partition coefficient (Wildman–Crippen LogP) is 3.16. The molecule has 1 aromatic rings. The standard InChI is InChI=1S/C16H14F3NO3/c1-10-8-22-9-12-7-20(15(21)14(10)12)6-11-2-4-13(5-3-11)23-16(17,18)19/h2-5,8H,6-7,9H2,1H3. The van der Waals surface area contributed by atoms with Gasteiger partial charge < -0.3 is 14.4 Å². The second-order valence-electron chi connectivity index (χ2n) is 5.44. The van der Waals surface area contributed by atoms with E-state index in [0.717, 1.165) is 16.7 Å². The van der Waals surface area contributed by atoms with Gasteiger partial charge in [0.2, 0.25) is 0 Å². The Balaban J connectivity index is 1.67. The molecule has 0 fully saturated rings. The minimum atomic E-state index is -4.71. The molecular weight excluding hydrogens is 311 g/mol. The number of rotatable bonds is 3. The van der Waals surface area contributed by atoms with E-state index in [0.29, 0.717) is 25.3 Å². The normalized spacial score (nSPS) is 17.8. The van der Waals surface area contributed by atoms with Crippen LogP contribution in [0.5, 0.6) is 5.75 Å². The van der Waals surface area contributed by atoms with Gasteiger partial charge >= 0.3 is 6.36 Å². The van der Waals surface area contributed by atoms with Crippen LogP contribution in [-0.2, 0) is 16.1 Å².